The summed E-state index contributed by atoms with van der Waals surface area (Å²) in [5, 5.41) is 6.72. The predicted molar refractivity (Wildman–Crippen MR) is 117 cm³/mol. The lowest BCUT2D eigenvalue weighted by molar-refractivity contribution is -0.115. The Hall–Kier alpha value is -2.93. The average molecular weight is 427 g/mol. The van der Waals surface area contributed by atoms with Gasteiger partial charge < -0.3 is 9.84 Å². The summed E-state index contributed by atoms with van der Waals surface area (Å²) in [5.74, 6) is -0.0573. The molecule has 0 aliphatic rings. The number of rotatable bonds is 6. The average Bonchev–Trinajstić information content (AvgIpc) is 2.98. The van der Waals surface area contributed by atoms with E-state index in [9.17, 15) is 13.2 Å². The first-order valence-corrected chi connectivity index (χ1v) is 11.4. The van der Waals surface area contributed by atoms with Crippen LogP contribution < -0.4 is 5.32 Å². The molecule has 1 aromatic heterocycles. The molecule has 0 aliphatic carbocycles. The van der Waals surface area contributed by atoms with Crippen molar-refractivity contribution in [3.63, 3.8) is 0 Å². The van der Waals surface area contributed by atoms with Crippen molar-refractivity contribution in [2.45, 2.75) is 45.9 Å². The van der Waals surface area contributed by atoms with Crippen LogP contribution in [0, 0.1) is 34.6 Å². The van der Waals surface area contributed by atoms with E-state index in [0.29, 0.717) is 22.6 Å². The highest BCUT2D eigenvalue weighted by atomic mass is 32.2. The summed E-state index contributed by atoms with van der Waals surface area (Å²) in [7, 11) is -3.65. The first kappa shape index (κ1) is 21.8. The third-order valence-corrected chi connectivity index (χ3v) is 6.90. The Bertz CT molecular complexity index is 1190. The summed E-state index contributed by atoms with van der Waals surface area (Å²) >= 11 is 0. The van der Waals surface area contributed by atoms with Gasteiger partial charge in [0.2, 0.25) is 5.91 Å². The zero-order valence-corrected chi connectivity index (χ0v) is 18.7. The van der Waals surface area contributed by atoms with E-state index >= 15 is 0 Å². The van der Waals surface area contributed by atoms with Crippen molar-refractivity contribution in [3.8, 4) is 11.3 Å². The van der Waals surface area contributed by atoms with Crippen molar-refractivity contribution in [3.05, 3.63) is 64.3 Å². The van der Waals surface area contributed by atoms with Crippen LogP contribution in [0.1, 0.15) is 34.4 Å². The van der Waals surface area contributed by atoms with Gasteiger partial charge >= 0.3 is 0 Å². The lowest BCUT2D eigenvalue weighted by Crippen LogP contribution is -2.18. The van der Waals surface area contributed by atoms with E-state index in [-0.39, 0.29) is 23.0 Å². The van der Waals surface area contributed by atoms with Crippen LogP contribution in [0.3, 0.4) is 0 Å². The molecule has 1 amide bonds. The molecule has 0 aliphatic heterocycles. The van der Waals surface area contributed by atoms with Crippen LogP contribution in [0.2, 0.25) is 0 Å². The fourth-order valence-corrected chi connectivity index (χ4v) is 4.91. The SMILES string of the molecule is Cc1cc(C)cc(NC(=O)CCS(=O)(=O)c2cc(-c3onc(C)c3C)ccc2C)c1. The number of benzene rings is 2. The Kier molecular flexibility index (Phi) is 6.12. The highest BCUT2D eigenvalue weighted by Crippen LogP contribution is 2.29. The maximum absolute atomic E-state index is 13.0. The van der Waals surface area contributed by atoms with Gasteiger partial charge in [0.25, 0.3) is 0 Å². The minimum absolute atomic E-state index is 0.126. The van der Waals surface area contributed by atoms with Gasteiger partial charge in [-0.2, -0.15) is 0 Å². The quantitative estimate of drug-likeness (QED) is 0.618. The zero-order valence-electron chi connectivity index (χ0n) is 17.9. The summed E-state index contributed by atoms with van der Waals surface area (Å²) < 4.78 is 31.3. The van der Waals surface area contributed by atoms with Crippen LogP contribution in [0.15, 0.2) is 45.8 Å². The smallest absolute Gasteiger partial charge is 0.225 e. The molecule has 158 valence electrons. The van der Waals surface area contributed by atoms with Crippen LogP contribution in [-0.2, 0) is 14.6 Å². The number of hydrogen-bond donors (Lipinski definition) is 1. The first-order valence-electron chi connectivity index (χ1n) is 9.71. The van der Waals surface area contributed by atoms with Crippen LogP contribution >= 0.6 is 0 Å². The lowest BCUT2D eigenvalue weighted by Gasteiger charge is -2.11. The van der Waals surface area contributed by atoms with E-state index in [2.05, 4.69) is 10.5 Å². The minimum Gasteiger partial charge on any atom is -0.356 e. The number of nitrogens with one attached hydrogen (secondary N) is 1. The maximum Gasteiger partial charge on any atom is 0.225 e. The standard InChI is InChI=1S/C23H26N2O4S/c1-14-10-15(2)12-20(11-14)24-22(26)8-9-30(27,28)21-13-19(7-6-16(21)3)23-17(4)18(5)25-29-23/h6-7,10-13H,8-9H2,1-5H3,(H,24,26). The van der Waals surface area contributed by atoms with Gasteiger partial charge in [0, 0.05) is 23.2 Å². The van der Waals surface area contributed by atoms with Crippen molar-refractivity contribution in [1.29, 1.82) is 0 Å². The number of sulfone groups is 1. The van der Waals surface area contributed by atoms with E-state index in [1.165, 1.54) is 0 Å². The molecule has 0 fully saturated rings. The molecule has 3 aromatic rings. The number of carbonyl (C=O) groups excluding carboxylic acids is 1. The van der Waals surface area contributed by atoms with E-state index in [1.807, 2.05) is 52.0 Å². The summed E-state index contributed by atoms with van der Waals surface area (Å²) in [5.41, 5.74) is 5.64. The second kappa shape index (κ2) is 8.44. The Morgan fingerprint density at radius 3 is 2.27 bits per heavy atom. The molecule has 7 heteroatoms. The molecule has 1 heterocycles. The second-order valence-corrected chi connectivity index (χ2v) is 9.77. The van der Waals surface area contributed by atoms with Crippen LogP contribution in [-0.4, -0.2) is 25.2 Å². The molecule has 30 heavy (non-hydrogen) atoms. The molecule has 1 N–H and O–H groups in total. The molecule has 0 unspecified atom stereocenters. The fourth-order valence-electron chi connectivity index (χ4n) is 3.37. The largest absolute Gasteiger partial charge is 0.356 e. The van der Waals surface area contributed by atoms with E-state index < -0.39 is 9.84 Å². The Morgan fingerprint density at radius 2 is 1.67 bits per heavy atom. The van der Waals surface area contributed by atoms with E-state index in [4.69, 9.17) is 4.52 Å². The molecule has 0 spiro atoms. The third kappa shape index (κ3) is 4.79. The monoisotopic (exact) mass is 426 g/mol. The second-order valence-electron chi connectivity index (χ2n) is 7.70. The zero-order chi connectivity index (χ0) is 22.1. The molecule has 0 bridgehead atoms. The molecule has 0 saturated heterocycles. The predicted octanol–water partition coefficient (Wildman–Crippen LogP) is 4.69. The number of aryl methyl sites for hydroxylation is 4. The number of amides is 1. The molecule has 0 radical (unpaired) electrons. The van der Waals surface area contributed by atoms with Crippen LogP contribution in [0.5, 0.6) is 0 Å². The Morgan fingerprint density at radius 1 is 1.00 bits per heavy atom. The van der Waals surface area contributed by atoms with Crippen molar-refractivity contribution >= 4 is 21.4 Å². The van der Waals surface area contributed by atoms with Crippen LogP contribution in [0.4, 0.5) is 5.69 Å². The molecule has 0 saturated carbocycles. The summed E-state index contributed by atoms with van der Waals surface area (Å²) in [6.45, 7) is 9.35. The fraction of sp³-hybridized carbons (Fsp3) is 0.304. The van der Waals surface area contributed by atoms with Gasteiger partial charge in [-0.05, 0) is 69.5 Å². The number of hydrogen-bond acceptors (Lipinski definition) is 5. The number of nitrogens with zero attached hydrogens (tertiary/aromatic N) is 1. The van der Waals surface area contributed by atoms with E-state index in [1.54, 1.807) is 19.1 Å². The van der Waals surface area contributed by atoms with Crippen molar-refractivity contribution < 1.29 is 17.7 Å². The van der Waals surface area contributed by atoms with Gasteiger partial charge in [0.15, 0.2) is 15.6 Å². The molecular weight excluding hydrogens is 400 g/mol. The third-order valence-electron chi connectivity index (χ3n) is 5.05. The molecular formula is C23H26N2O4S. The van der Waals surface area contributed by atoms with Gasteiger partial charge in [-0.1, -0.05) is 23.4 Å². The summed E-state index contributed by atoms with van der Waals surface area (Å²) in [4.78, 5) is 12.5. The molecule has 6 nitrogen and oxygen atoms in total. The van der Waals surface area contributed by atoms with Gasteiger partial charge in [-0.25, -0.2) is 8.42 Å². The Labute approximate surface area is 177 Å². The maximum atomic E-state index is 13.0. The van der Waals surface area contributed by atoms with Gasteiger partial charge in [-0.3, -0.25) is 4.79 Å². The van der Waals surface area contributed by atoms with Gasteiger partial charge in [-0.15, -0.1) is 0 Å². The Balaban J connectivity index is 1.77. The van der Waals surface area contributed by atoms with Crippen molar-refractivity contribution in [1.82, 2.24) is 5.16 Å². The van der Waals surface area contributed by atoms with Crippen molar-refractivity contribution in [2.24, 2.45) is 0 Å². The van der Waals surface area contributed by atoms with Crippen molar-refractivity contribution in [2.75, 3.05) is 11.1 Å². The van der Waals surface area contributed by atoms with E-state index in [0.717, 1.165) is 22.4 Å². The highest BCUT2D eigenvalue weighted by molar-refractivity contribution is 7.91. The summed E-state index contributed by atoms with van der Waals surface area (Å²) in [6.07, 6.45) is -0.126. The molecule has 3 rings (SSSR count). The molecule has 2 aromatic carbocycles. The highest BCUT2D eigenvalue weighted by Gasteiger charge is 2.21. The van der Waals surface area contributed by atoms with Gasteiger partial charge in [0.1, 0.15) is 0 Å². The topological polar surface area (TPSA) is 89.3 Å². The minimum atomic E-state index is -3.65. The normalized spacial score (nSPS) is 11.5. The molecule has 0 atom stereocenters. The number of aromatic nitrogens is 1. The lowest BCUT2D eigenvalue weighted by atomic mass is 10.1. The van der Waals surface area contributed by atoms with Gasteiger partial charge in [0.05, 0.1) is 16.3 Å². The summed E-state index contributed by atoms with van der Waals surface area (Å²) in [6, 6.07) is 10.9. The van der Waals surface area contributed by atoms with Crippen LogP contribution in [0.25, 0.3) is 11.3 Å². The first-order chi connectivity index (χ1) is 14.1. The number of carbonyl (C=O) groups is 1. The number of anilines is 1.